The van der Waals surface area contributed by atoms with Crippen molar-refractivity contribution in [2.45, 2.75) is 13.0 Å². The Balaban J connectivity index is 2.57. The molecule has 0 aromatic heterocycles. The minimum absolute atomic E-state index is 0.203. The number of hydrogen-bond donors (Lipinski definition) is 1. The molecule has 1 unspecified atom stereocenters. The molecule has 2 nitrogen and oxygen atoms in total. The molecule has 0 heterocycles. The van der Waals surface area contributed by atoms with Crippen molar-refractivity contribution in [2.24, 2.45) is 0 Å². The lowest BCUT2D eigenvalue weighted by Crippen LogP contribution is -2.06. The molecule has 0 aliphatic carbocycles. The third-order valence-corrected chi connectivity index (χ3v) is 4.28. The topological polar surface area (TPSA) is 29.5 Å². The fraction of sp³-hybridized carbons (Fsp3) is 0.200. The van der Waals surface area contributed by atoms with Gasteiger partial charge in [-0.3, -0.25) is 0 Å². The zero-order valence-corrected chi connectivity index (χ0v) is 13.6. The number of halogens is 4. The first-order chi connectivity index (χ1) is 9.85. The molecule has 1 N–H and O–H groups in total. The summed E-state index contributed by atoms with van der Waals surface area (Å²) in [6, 6.07) is 5.04. The Morgan fingerprint density at radius 3 is 2.43 bits per heavy atom. The largest absolute Gasteiger partial charge is 0.496 e. The van der Waals surface area contributed by atoms with Crippen LogP contribution < -0.4 is 4.74 Å². The molecule has 1 atom stereocenters. The molecule has 0 radical (unpaired) electrons. The predicted molar refractivity (Wildman–Crippen MR) is 80.9 cm³/mol. The minimum Gasteiger partial charge on any atom is -0.496 e. The lowest BCUT2D eigenvalue weighted by Gasteiger charge is -2.17. The Morgan fingerprint density at radius 1 is 1.14 bits per heavy atom. The molecule has 0 saturated carbocycles. The van der Waals surface area contributed by atoms with E-state index >= 15 is 0 Å². The Bertz CT molecular complexity index is 692. The van der Waals surface area contributed by atoms with E-state index in [0.717, 1.165) is 22.2 Å². The van der Waals surface area contributed by atoms with Crippen molar-refractivity contribution in [3.63, 3.8) is 0 Å². The zero-order valence-electron chi connectivity index (χ0n) is 11.3. The van der Waals surface area contributed by atoms with Crippen LogP contribution in [0.1, 0.15) is 22.8 Å². The van der Waals surface area contributed by atoms with Crippen LogP contribution in [-0.4, -0.2) is 12.2 Å². The monoisotopic (exact) mass is 376 g/mol. The molecular weight excluding hydrogens is 366 g/mol. The second-order valence-electron chi connectivity index (χ2n) is 4.53. The summed E-state index contributed by atoms with van der Waals surface area (Å²) in [6.45, 7) is 1.85. The van der Waals surface area contributed by atoms with Gasteiger partial charge in [0, 0.05) is 15.6 Å². The standard InChI is InChI=1S/C15H12BrClF2O2/c1-7-3-14(21-2)9(4-10(7)16)15(20)8-5-13(19)11(17)6-12(8)18/h3-6,15,20H,1-2H3. The van der Waals surface area contributed by atoms with Crippen LogP contribution in [0.15, 0.2) is 28.7 Å². The molecule has 0 amide bonds. The summed E-state index contributed by atoms with van der Waals surface area (Å²) in [5, 5.41) is 10.0. The van der Waals surface area contributed by atoms with E-state index in [1.54, 1.807) is 12.1 Å². The van der Waals surface area contributed by atoms with Crippen LogP contribution in [0.2, 0.25) is 5.02 Å². The van der Waals surface area contributed by atoms with Crippen LogP contribution in [0.4, 0.5) is 8.78 Å². The highest BCUT2D eigenvalue weighted by Crippen LogP contribution is 2.36. The number of aliphatic hydroxyl groups excluding tert-OH is 1. The Kier molecular flexibility index (Phi) is 4.86. The van der Waals surface area contributed by atoms with Crippen LogP contribution >= 0.6 is 27.5 Å². The zero-order chi connectivity index (χ0) is 15.7. The van der Waals surface area contributed by atoms with Crippen molar-refractivity contribution in [1.82, 2.24) is 0 Å². The molecular formula is C15H12BrClF2O2. The maximum atomic E-state index is 13.9. The van der Waals surface area contributed by atoms with E-state index in [9.17, 15) is 13.9 Å². The molecule has 0 saturated heterocycles. The van der Waals surface area contributed by atoms with Gasteiger partial charge in [-0.05, 0) is 36.8 Å². The highest BCUT2D eigenvalue weighted by atomic mass is 79.9. The molecule has 2 rings (SSSR count). The van der Waals surface area contributed by atoms with Gasteiger partial charge in [-0.1, -0.05) is 27.5 Å². The molecule has 2 aromatic rings. The Hall–Kier alpha value is -1.17. The van der Waals surface area contributed by atoms with Crippen molar-refractivity contribution in [3.8, 4) is 5.75 Å². The second-order valence-corrected chi connectivity index (χ2v) is 5.80. The second kappa shape index (κ2) is 6.30. The van der Waals surface area contributed by atoms with E-state index in [-0.39, 0.29) is 10.6 Å². The van der Waals surface area contributed by atoms with Gasteiger partial charge in [0.25, 0.3) is 0 Å². The quantitative estimate of drug-likeness (QED) is 0.780. The summed E-state index contributed by atoms with van der Waals surface area (Å²) in [5.41, 5.74) is 1.02. The number of aliphatic hydroxyl groups is 1. The number of hydrogen-bond acceptors (Lipinski definition) is 2. The first-order valence-corrected chi connectivity index (χ1v) is 7.18. The molecule has 0 fully saturated rings. The van der Waals surface area contributed by atoms with Crippen molar-refractivity contribution in [1.29, 1.82) is 0 Å². The molecule has 6 heteroatoms. The van der Waals surface area contributed by atoms with Gasteiger partial charge in [0.2, 0.25) is 0 Å². The van der Waals surface area contributed by atoms with Crippen LogP contribution in [0.25, 0.3) is 0 Å². The summed E-state index contributed by atoms with van der Waals surface area (Å²) in [4.78, 5) is 0. The molecule has 0 aliphatic heterocycles. The van der Waals surface area contributed by atoms with Gasteiger partial charge in [-0.15, -0.1) is 0 Å². The predicted octanol–water partition coefficient (Wildman–Crippen LogP) is 4.78. The SMILES string of the molecule is COc1cc(C)c(Br)cc1C(O)c1cc(F)c(Cl)cc1F. The van der Waals surface area contributed by atoms with Crippen molar-refractivity contribution in [2.75, 3.05) is 7.11 Å². The van der Waals surface area contributed by atoms with Crippen LogP contribution in [0, 0.1) is 18.6 Å². The van der Waals surface area contributed by atoms with E-state index in [1.165, 1.54) is 7.11 Å². The fourth-order valence-corrected chi connectivity index (χ4v) is 2.49. The molecule has 0 aliphatic rings. The van der Waals surface area contributed by atoms with Gasteiger partial charge in [0.05, 0.1) is 12.1 Å². The molecule has 0 spiro atoms. The first kappa shape index (κ1) is 16.2. The highest BCUT2D eigenvalue weighted by molar-refractivity contribution is 9.10. The van der Waals surface area contributed by atoms with E-state index in [4.69, 9.17) is 16.3 Å². The van der Waals surface area contributed by atoms with Gasteiger partial charge in [0.15, 0.2) is 0 Å². The van der Waals surface area contributed by atoms with Gasteiger partial charge >= 0.3 is 0 Å². The van der Waals surface area contributed by atoms with E-state index in [2.05, 4.69) is 15.9 Å². The summed E-state index contributed by atoms with van der Waals surface area (Å²) < 4.78 is 33.4. The minimum atomic E-state index is -1.37. The molecule has 21 heavy (non-hydrogen) atoms. The summed E-state index contributed by atoms with van der Waals surface area (Å²) in [7, 11) is 1.44. The summed E-state index contributed by atoms with van der Waals surface area (Å²) >= 11 is 8.85. The van der Waals surface area contributed by atoms with Crippen LogP contribution in [-0.2, 0) is 0 Å². The third kappa shape index (κ3) is 3.20. The fourth-order valence-electron chi connectivity index (χ4n) is 1.98. The lowest BCUT2D eigenvalue weighted by molar-refractivity contribution is 0.209. The Morgan fingerprint density at radius 2 is 1.81 bits per heavy atom. The smallest absolute Gasteiger partial charge is 0.142 e. The van der Waals surface area contributed by atoms with Crippen molar-refractivity contribution >= 4 is 27.5 Å². The maximum absolute atomic E-state index is 13.9. The number of ether oxygens (including phenoxy) is 1. The lowest BCUT2D eigenvalue weighted by atomic mass is 9.99. The van der Waals surface area contributed by atoms with Gasteiger partial charge in [-0.25, -0.2) is 8.78 Å². The molecule has 2 aromatic carbocycles. The molecule has 0 bridgehead atoms. The third-order valence-electron chi connectivity index (χ3n) is 3.14. The highest BCUT2D eigenvalue weighted by Gasteiger charge is 2.22. The number of aryl methyl sites for hydroxylation is 1. The van der Waals surface area contributed by atoms with Crippen LogP contribution in [0.5, 0.6) is 5.75 Å². The number of methoxy groups -OCH3 is 1. The maximum Gasteiger partial charge on any atom is 0.142 e. The average Bonchev–Trinajstić information content (AvgIpc) is 2.44. The van der Waals surface area contributed by atoms with Gasteiger partial charge in [-0.2, -0.15) is 0 Å². The van der Waals surface area contributed by atoms with Gasteiger partial charge < -0.3 is 9.84 Å². The van der Waals surface area contributed by atoms with Crippen LogP contribution in [0.3, 0.4) is 0 Å². The Labute approximate surface area is 134 Å². The normalized spacial score (nSPS) is 12.3. The van der Waals surface area contributed by atoms with E-state index < -0.39 is 17.7 Å². The molecule has 112 valence electrons. The van der Waals surface area contributed by atoms with Gasteiger partial charge in [0.1, 0.15) is 23.5 Å². The van der Waals surface area contributed by atoms with Crippen molar-refractivity contribution < 1.29 is 18.6 Å². The number of rotatable bonds is 3. The van der Waals surface area contributed by atoms with Crippen molar-refractivity contribution in [3.05, 3.63) is 62.1 Å². The van der Waals surface area contributed by atoms with E-state index in [1.807, 2.05) is 6.92 Å². The first-order valence-electron chi connectivity index (χ1n) is 6.01. The summed E-state index contributed by atoms with van der Waals surface area (Å²) in [6.07, 6.45) is -1.37. The summed E-state index contributed by atoms with van der Waals surface area (Å²) in [5.74, 6) is -1.19. The average molecular weight is 378 g/mol. The van der Waals surface area contributed by atoms with E-state index in [0.29, 0.717) is 11.3 Å². The number of benzene rings is 2.